The van der Waals surface area contributed by atoms with Gasteiger partial charge < -0.3 is 20.1 Å². The van der Waals surface area contributed by atoms with Crippen LogP contribution in [0.5, 0.6) is 5.75 Å². The second-order valence-corrected chi connectivity index (χ2v) is 9.71. The Morgan fingerprint density at radius 1 is 1.07 bits per heavy atom. The van der Waals surface area contributed by atoms with Crippen LogP contribution in [0, 0.1) is 6.92 Å². The molecule has 1 amide bonds. The number of ether oxygens (including phenoxy) is 2. The van der Waals surface area contributed by atoms with Gasteiger partial charge in [0.2, 0.25) is 5.95 Å². The first-order valence-electron chi connectivity index (χ1n) is 13.2. The van der Waals surface area contributed by atoms with Crippen molar-refractivity contribution in [3.05, 3.63) is 77.5 Å². The number of alkyl halides is 3. The number of hydrogen-bond donors (Lipinski definition) is 2. The molecule has 41 heavy (non-hydrogen) atoms. The van der Waals surface area contributed by atoms with Crippen LogP contribution in [0.15, 0.2) is 60.8 Å². The molecule has 2 heterocycles. The van der Waals surface area contributed by atoms with Crippen LogP contribution in [0.1, 0.15) is 21.5 Å². The predicted molar refractivity (Wildman–Crippen MR) is 151 cm³/mol. The topological polar surface area (TPSA) is 88.6 Å². The Kier molecular flexibility index (Phi) is 8.36. The summed E-state index contributed by atoms with van der Waals surface area (Å²) >= 11 is 0. The summed E-state index contributed by atoms with van der Waals surface area (Å²) in [6.45, 7) is 5.55. The van der Waals surface area contributed by atoms with Gasteiger partial charge in [-0.15, -0.1) is 0 Å². The summed E-state index contributed by atoms with van der Waals surface area (Å²) in [6, 6.07) is 14.0. The minimum absolute atomic E-state index is 0.0443. The molecule has 0 saturated carbocycles. The molecule has 1 fully saturated rings. The van der Waals surface area contributed by atoms with E-state index in [1.165, 1.54) is 6.07 Å². The minimum Gasteiger partial charge on any atom is -0.490 e. The van der Waals surface area contributed by atoms with Crippen LogP contribution >= 0.6 is 0 Å². The molecule has 214 valence electrons. The zero-order valence-corrected chi connectivity index (χ0v) is 22.7. The van der Waals surface area contributed by atoms with Crippen molar-refractivity contribution >= 4 is 28.4 Å². The lowest BCUT2D eigenvalue weighted by molar-refractivity contribution is -0.137. The van der Waals surface area contributed by atoms with Crippen LogP contribution in [-0.2, 0) is 10.9 Å². The van der Waals surface area contributed by atoms with Gasteiger partial charge in [0.05, 0.1) is 30.0 Å². The van der Waals surface area contributed by atoms with Gasteiger partial charge in [-0.2, -0.15) is 13.2 Å². The summed E-state index contributed by atoms with van der Waals surface area (Å²) in [5.41, 5.74) is 2.74. The summed E-state index contributed by atoms with van der Waals surface area (Å²) < 4.78 is 51.7. The van der Waals surface area contributed by atoms with Crippen LogP contribution in [0.3, 0.4) is 0 Å². The third-order valence-electron chi connectivity index (χ3n) is 6.94. The van der Waals surface area contributed by atoms with E-state index in [1.54, 1.807) is 31.4 Å². The number of benzene rings is 3. The molecule has 1 aromatic heterocycles. The van der Waals surface area contributed by atoms with Crippen molar-refractivity contribution < 1.29 is 27.4 Å². The van der Waals surface area contributed by atoms with E-state index in [0.29, 0.717) is 31.3 Å². The molecule has 11 heteroatoms. The molecule has 1 aliphatic rings. The molecule has 0 spiro atoms. The molecule has 1 aliphatic heterocycles. The number of rotatable bonds is 8. The van der Waals surface area contributed by atoms with Gasteiger partial charge >= 0.3 is 6.18 Å². The van der Waals surface area contributed by atoms with Crippen molar-refractivity contribution in [3.8, 4) is 16.9 Å². The second-order valence-electron chi connectivity index (χ2n) is 9.71. The lowest BCUT2D eigenvalue weighted by atomic mass is 9.97. The lowest BCUT2D eigenvalue weighted by Crippen LogP contribution is -2.38. The van der Waals surface area contributed by atoms with E-state index in [0.717, 1.165) is 52.8 Å². The Labute approximate surface area is 235 Å². The summed E-state index contributed by atoms with van der Waals surface area (Å²) in [6.07, 6.45) is -2.85. The molecular weight excluding hydrogens is 535 g/mol. The van der Waals surface area contributed by atoms with Crippen LogP contribution in [0.2, 0.25) is 0 Å². The SMILES string of the molecule is CNc1ncc2cc(-c3cc(C(=O)Nc4cc(C(F)(F)F)ccc4OCCN4CCOCC4)ccc3C)ccc2n1. The largest absolute Gasteiger partial charge is 0.490 e. The van der Waals surface area contributed by atoms with E-state index in [9.17, 15) is 18.0 Å². The van der Waals surface area contributed by atoms with Crippen LogP contribution < -0.4 is 15.4 Å². The zero-order valence-electron chi connectivity index (χ0n) is 22.7. The first-order chi connectivity index (χ1) is 19.7. The highest BCUT2D eigenvalue weighted by atomic mass is 19.4. The summed E-state index contributed by atoms with van der Waals surface area (Å²) in [5.74, 6) is 0.132. The molecule has 3 aromatic carbocycles. The van der Waals surface area contributed by atoms with Gasteiger partial charge in [0, 0.05) is 43.8 Å². The summed E-state index contributed by atoms with van der Waals surface area (Å²) in [5, 5.41) is 6.39. The highest BCUT2D eigenvalue weighted by molar-refractivity contribution is 6.06. The normalized spacial score (nSPS) is 14.2. The van der Waals surface area contributed by atoms with E-state index in [2.05, 4.69) is 25.5 Å². The predicted octanol–water partition coefficient (Wildman–Crippen LogP) is 5.63. The number of anilines is 2. The molecule has 2 N–H and O–H groups in total. The first kappa shape index (κ1) is 28.3. The third-order valence-corrected chi connectivity index (χ3v) is 6.94. The van der Waals surface area contributed by atoms with Crippen molar-refractivity contribution in [1.82, 2.24) is 14.9 Å². The first-order valence-corrected chi connectivity index (χ1v) is 13.2. The van der Waals surface area contributed by atoms with Gasteiger partial charge in [-0.3, -0.25) is 9.69 Å². The molecule has 4 aromatic rings. The van der Waals surface area contributed by atoms with Gasteiger partial charge in [0.1, 0.15) is 12.4 Å². The molecule has 8 nitrogen and oxygen atoms in total. The number of morpholine rings is 1. The van der Waals surface area contributed by atoms with E-state index >= 15 is 0 Å². The quantitative estimate of drug-likeness (QED) is 0.286. The highest BCUT2D eigenvalue weighted by Crippen LogP contribution is 2.36. The fourth-order valence-electron chi connectivity index (χ4n) is 4.63. The number of carbonyl (C=O) groups is 1. The van der Waals surface area contributed by atoms with E-state index in [4.69, 9.17) is 9.47 Å². The average Bonchev–Trinajstić information content (AvgIpc) is 2.97. The van der Waals surface area contributed by atoms with Crippen LogP contribution in [0.4, 0.5) is 24.8 Å². The van der Waals surface area contributed by atoms with E-state index in [1.807, 2.05) is 25.1 Å². The Morgan fingerprint density at radius 2 is 1.88 bits per heavy atom. The molecule has 0 atom stereocenters. The van der Waals surface area contributed by atoms with Crippen LogP contribution in [-0.4, -0.2) is 67.3 Å². The Balaban J connectivity index is 1.38. The van der Waals surface area contributed by atoms with Gasteiger partial charge in [-0.05, 0) is 66.1 Å². The molecule has 0 bridgehead atoms. The molecule has 0 radical (unpaired) electrons. The van der Waals surface area contributed by atoms with Gasteiger partial charge in [-0.25, -0.2) is 9.97 Å². The molecular formula is C30H30F3N5O3. The Morgan fingerprint density at radius 3 is 2.63 bits per heavy atom. The van der Waals surface area contributed by atoms with Crippen molar-refractivity contribution in [2.75, 3.05) is 57.1 Å². The number of carbonyl (C=O) groups excluding carboxylic acids is 1. The monoisotopic (exact) mass is 565 g/mol. The number of nitrogens with zero attached hydrogens (tertiary/aromatic N) is 3. The van der Waals surface area contributed by atoms with Crippen molar-refractivity contribution in [2.45, 2.75) is 13.1 Å². The van der Waals surface area contributed by atoms with Crippen molar-refractivity contribution in [1.29, 1.82) is 0 Å². The molecule has 0 unspecified atom stereocenters. The fraction of sp³-hybridized carbons (Fsp3) is 0.300. The average molecular weight is 566 g/mol. The number of fused-ring (bicyclic) bond motifs is 1. The summed E-state index contributed by atoms with van der Waals surface area (Å²) in [4.78, 5) is 24.2. The third kappa shape index (κ3) is 6.75. The Hall–Kier alpha value is -4.22. The standard InChI is InChI=1S/C30H30F3N5O3/c1-19-3-4-21(16-24(19)20-5-7-25-22(15-20)18-35-29(34-2)37-25)28(39)36-26-17-23(30(31,32)33)6-8-27(26)41-14-11-38-9-12-40-13-10-38/h3-8,15-18H,9-14H2,1-2H3,(H,36,39)(H,34,35,37). The number of hydrogen-bond acceptors (Lipinski definition) is 7. The van der Waals surface area contributed by atoms with Crippen LogP contribution in [0.25, 0.3) is 22.0 Å². The minimum atomic E-state index is -4.57. The molecule has 5 rings (SSSR count). The maximum absolute atomic E-state index is 13.5. The maximum atomic E-state index is 13.5. The smallest absolute Gasteiger partial charge is 0.416 e. The maximum Gasteiger partial charge on any atom is 0.416 e. The number of aryl methyl sites for hydroxylation is 1. The lowest BCUT2D eigenvalue weighted by Gasteiger charge is -2.26. The molecule has 0 aliphatic carbocycles. The van der Waals surface area contributed by atoms with E-state index in [-0.39, 0.29) is 18.0 Å². The fourth-order valence-corrected chi connectivity index (χ4v) is 4.63. The van der Waals surface area contributed by atoms with Crippen molar-refractivity contribution in [2.24, 2.45) is 0 Å². The van der Waals surface area contributed by atoms with Crippen molar-refractivity contribution in [3.63, 3.8) is 0 Å². The number of nitrogens with one attached hydrogen (secondary N) is 2. The van der Waals surface area contributed by atoms with E-state index < -0.39 is 17.6 Å². The van der Waals surface area contributed by atoms with Gasteiger partial charge in [-0.1, -0.05) is 12.1 Å². The molecule has 1 saturated heterocycles. The Bertz CT molecular complexity index is 1550. The zero-order chi connectivity index (χ0) is 29.0. The second kappa shape index (κ2) is 12.1. The number of aromatic nitrogens is 2. The summed E-state index contributed by atoms with van der Waals surface area (Å²) in [7, 11) is 1.75. The number of amides is 1. The highest BCUT2D eigenvalue weighted by Gasteiger charge is 2.31. The van der Waals surface area contributed by atoms with Gasteiger partial charge in [0.25, 0.3) is 5.91 Å². The number of halogens is 3. The van der Waals surface area contributed by atoms with Gasteiger partial charge in [0.15, 0.2) is 0 Å².